The molecule has 0 aliphatic heterocycles. The van der Waals surface area contributed by atoms with Crippen LogP contribution in [0.25, 0.3) is 0 Å². The molecule has 1 saturated carbocycles. The smallest absolute Gasteiger partial charge is 0.151 e. The van der Waals surface area contributed by atoms with Crippen molar-refractivity contribution < 1.29 is 13.2 Å². The first kappa shape index (κ1) is 11.6. The molecular weight excluding hydrogens is 248 g/mol. The number of hydrogen-bond acceptors (Lipinski definition) is 3. The number of carbonyl (C=O) groups is 1. The summed E-state index contributed by atoms with van der Waals surface area (Å²) >= 11 is 5.75. The van der Waals surface area contributed by atoms with Crippen molar-refractivity contribution in [2.24, 2.45) is 5.92 Å². The number of benzene rings is 1. The summed E-state index contributed by atoms with van der Waals surface area (Å²) in [6.45, 7) is 0. The fourth-order valence-corrected chi connectivity index (χ4v) is 3.83. The van der Waals surface area contributed by atoms with Gasteiger partial charge in [-0.3, -0.25) is 0 Å². The van der Waals surface area contributed by atoms with Crippen LogP contribution >= 0.6 is 11.6 Å². The van der Waals surface area contributed by atoms with E-state index in [1.165, 1.54) is 6.26 Å². The Kier molecular flexibility index (Phi) is 2.80. The summed E-state index contributed by atoms with van der Waals surface area (Å²) in [4.78, 5) is 10.8. The third kappa shape index (κ3) is 1.99. The number of sulfone groups is 1. The summed E-state index contributed by atoms with van der Waals surface area (Å²) in [5.41, 5.74) is 0.858. The second-order valence-corrected chi connectivity index (χ2v) is 6.72. The van der Waals surface area contributed by atoms with Gasteiger partial charge >= 0.3 is 0 Å². The molecule has 3 nitrogen and oxygen atoms in total. The van der Waals surface area contributed by atoms with Gasteiger partial charge in [0.25, 0.3) is 0 Å². The van der Waals surface area contributed by atoms with Crippen molar-refractivity contribution in [2.45, 2.75) is 11.2 Å². The quantitative estimate of drug-likeness (QED) is 0.775. The molecule has 1 aromatic rings. The molecule has 0 amide bonds. The molecule has 3 atom stereocenters. The Hall–Kier alpha value is -0.870. The predicted molar refractivity (Wildman–Crippen MR) is 62.4 cm³/mol. The van der Waals surface area contributed by atoms with E-state index < -0.39 is 21.0 Å². The highest BCUT2D eigenvalue weighted by Crippen LogP contribution is 2.50. The van der Waals surface area contributed by atoms with E-state index >= 15 is 0 Å². The number of halogens is 1. The predicted octanol–water partition coefficient (Wildman–Crippen LogP) is 1.67. The fraction of sp³-hybridized carbons (Fsp3) is 0.364. The fourth-order valence-electron chi connectivity index (χ4n) is 2.12. The molecule has 0 spiro atoms. The first-order valence-corrected chi connectivity index (χ1v) is 7.18. The number of aldehydes is 1. The molecule has 5 heteroatoms. The Labute approximate surface area is 99.3 Å². The molecule has 1 fully saturated rings. The van der Waals surface area contributed by atoms with Crippen molar-refractivity contribution in [3.63, 3.8) is 0 Å². The van der Waals surface area contributed by atoms with Gasteiger partial charge in [0.05, 0.1) is 5.25 Å². The lowest BCUT2D eigenvalue weighted by Crippen LogP contribution is -2.07. The largest absolute Gasteiger partial charge is 0.303 e. The first-order chi connectivity index (χ1) is 7.45. The van der Waals surface area contributed by atoms with Gasteiger partial charge in [0, 0.05) is 23.1 Å². The van der Waals surface area contributed by atoms with Crippen LogP contribution in [0.2, 0.25) is 5.02 Å². The van der Waals surface area contributed by atoms with E-state index in [2.05, 4.69) is 0 Å². The van der Waals surface area contributed by atoms with Crippen LogP contribution in [-0.4, -0.2) is 26.2 Å². The monoisotopic (exact) mass is 258 g/mol. The lowest BCUT2D eigenvalue weighted by molar-refractivity contribution is -0.108. The Bertz CT molecular complexity index is 507. The van der Waals surface area contributed by atoms with Crippen LogP contribution in [0.5, 0.6) is 0 Å². The number of hydrogen-bond donors (Lipinski definition) is 0. The molecule has 0 heterocycles. The zero-order chi connectivity index (χ0) is 11.9. The van der Waals surface area contributed by atoms with Crippen molar-refractivity contribution in [2.75, 3.05) is 6.26 Å². The lowest BCUT2D eigenvalue weighted by atomic mass is 10.1. The van der Waals surface area contributed by atoms with E-state index in [9.17, 15) is 13.2 Å². The number of carbonyl (C=O) groups excluding carboxylic acids is 1. The molecule has 1 aliphatic carbocycles. The standard InChI is InChI=1S/C11H11ClO3S/c1-16(14,15)11-9(6-13)10(11)7-2-4-8(12)5-3-7/h2-6,9-11H,1H3. The van der Waals surface area contributed by atoms with Gasteiger partial charge in [-0.2, -0.15) is 0 Å². The molecule has 3 unspecified atom stereocenters. The van der Waals surface area contributed by atoms with E-state index in [1.807, 2.05) is 0 Å². The van der Waals surface area contributed by atoms with Crippen molar-refractivity contribution in [3.05, 3.63) is 34.9 Å². The minimum absolute atomic E-state index is 0.204. The molecule has 86 valence electrons. The van der Waals surface area contributed by atoms with Gasteiger partial charge < -0.3 is 4.79 Å². The minimum Gasteiger partial charge on any atom is -0.303 e. The molecule has 0 radical (unpaired) electrons. The molecule has 0 saturated heterocycles. The summed E-state index contributed by atoms with van der Waals surface area (Å²) in [6.07, 6.45) is 1.90. The van der Waals surface area contributed by atoms with Crippen LogP contribution in [0.1, 0.15) is 11.5 Å². The van der Waals surface area contributed by atoms with Gasteiger partial charge in [-0.05, 0) is 17.7 Å². The topological polar surface area (TPSA) is 51.2 Å². The molecule has 1 aliphatic rings. The van der Waals surface area contributed by atoms with Gasteiger partial charge in [0.1, 0.15) is 6.29 Å². The maximum absolute atomic E-state index is 11.4. The van der Waals surface area contributed by atoms with Crippen LogP contribution in [-0.2, 0) is 14.6 Å². The summed E-state index contributed by atoms with van der Waals surface area (Å²) in [5.74, 6) is -0.610. The summed E-state index contributed by atoms with van der Waals surface area (Å²) in [5, 5.41) is 0.0362. The molecule has 0 bridgehead atoms. The Morgan fingerprint density at radius 3 is 2.19 bits per heavy atom. The van der Waals surface area contributed by atoms with Crippen molar-refractivity contribution >= 4 is 27.7 Å². The van der Waals surface area contributed by atoms with E-state index in [0.29, 0.717) is 5.02 Å². The van der Waals surface area contributed by atoms with E-state index in [1.54, 1.807) is 24.3 Å². The zero-order valence-corrected chi connectivity index (χ0v) is 10.2. The van der Waals surface area contributed by atoms with Gasteiger partial charge in [-0.1, -0.05) is 23.7 Å². The number of rotatable bonds is 3. The average molecular weight is 259 g/mol. The highest BCUT2D eigenvalue weighted by atomic mass is 35.5. The highest BCUT2D eigenvalue weighted by molar-refractivity contribution is 7.91. The second kappa shape index (κ2) is 3.86. The third-order valence-electron chi connectivity index (χ3n) is 2.91. The van der Waals surface area contributed by atoms with Gasteiger partial charge in [0.2, 0.25) is 0 Å². The molecule has 2 rings (SSSR count). The summed E-state index contributed by atoms with van der Waals surface area (Å²) in [6, 6.07) is 6.95. The van der Waals surface area contributed by atoms with Gasteiger partial charge in [0.15, 0.2) is 9.84 Å². The molecule has 0 aromatic heterocycles. The summed E-state index contributed by atoms with van der Waals surface area (Å²) in [7, 11) is -3.16. The average Bonchev–Trinajstić information content (AvgIpc) is 2.92. The SMILES string of the molecule is CS(=O)(=O)C1C(C=O)C1c1ccc(Cl)cc1. The molecule has 1 aromatic carbocycles. The highest BCUT2D eigenvalue weighted by Gasteiger charge is 2.57. The van der Waals surface area contributed by atoms with Crippen molar-refractivity contribution in [3.8, 4) is 0 Å². The molecule has 16 heavy (non-hydrogen) atoms. The van der Waals surface area contributed by atoms with Crippen LogP contribution in [0.4, 0.5) is 0 Å². The third-order valence-corrected chi connectivity index (χ3v) is 4.76. The van der Waals surface area contributed by atoms with Crippen LogP contribution in [0.3, 0.4) is 0 Å². The summed E-state index contributed by atoms with van der Waals surface area (Å²) < 4.78 is 22.9. The lowest BCUT2D eigenvalue weighted by Gasteiger charge is -1.98. The Morgan fingerprint density at radius 1 is 1.25 bits per heavy atom. The zero-order valence-electron chi connectivity index (χ0n) is 8.63. The minimum atomic E-state index is -3.16. The maximum atomic E-state index is 11.4. The Balaban J connectivity index is 2.30. The van der Waals surface area contributed by atoms with Crippen molar-refractivity contribution in [1.29, 1.82) is 0 Å². The normalized spacial score (nSPS) is 28.8. The van der Waals surface area contributed by atoms with Crippen LogP contribution in [0.15, 0.2) is 24.3 Å². The van der Waals surface area contributed by atoms with Crippen LogP contribution < -0.4 is 0 Å². The van der Waals surface area contributed by atoms with E-state index in [4.69, 9.17) is 11.6 Å². The molecular formula is C11H11ClO3S. The van der Waals surface area contributed by atoms with Crippen molar-refractivity contribution in [1.82, 2.24) is 0 Å². The Morgan fingerprint density at radius 2 is 1.81 bits per heavy atom. The van der Waals surface area contributed by atoms with E-state index in [-0.39, 0.29) is 5.92 Å². The second-order valence-electron chi connectivity index (χ2n) is 4.08. The van der Waals surface area contributed by atoms with Gasteiger partial charge in [-0.15, -0.1) is 0 Å². The maximum Gasteiger partial charge on any atom is 0.151 e. The van der Waals surface area contributed by atoms with Gasteiger partial charge in [-0.25, -0.2) is 8.42 Å². The van der Waals surface area contributed by atoms with Crippen LogP contribution in [0, 0.1) is 5.92 Å². The molecule has 0 N–H and O–H groups in total. The first-order valence-electron chi connectivity index (χ1n) is 4.85. The van der Waals surface area contributed by atoms with E-state index in [0.717, 1.165) is 11.8 Å².